The number of carbonyl (C=O) groups is 1. The fourth-order valence-electron chi connectivity index (χ4n) is 4.00. The maximum absolute atomic E-state index is 12.3. The number of hydrogen-bond acceptors (Lipinski definition) is 5. The standard InChI is InChI=1S/C18H29N5O/c1-14(2)6-11-23-13-18(8-4-16(23)24)7-3-10-22(12-18)15-5-9-20-17(19)21-15/h5,9,14H,3-4,6-8,10-13H2,1-2H3,(H2,19,20,21)/t18-/m0/s1. The van der Waals surface area contributed by atoms with Crippen LogP contribution in [0.2, 0.25) is 0 Å². The van der Waals surface area contributed by atoms with Gasteiger partial charge in [0.25, 0.3) is 0 Å². The van der Waals surface area contributed by atoms with Crippen molar-refractivity contribution >= 4 is 17.7 Å². The summed E-state index contributed by atoms with van der Waals surface area (Å²) in [4.78, 5) is 25.1. The van der Waals surface area contributed by atoms with Gasteiger partial charge in [0.1, 0.15) is 5.82 Å². The second-order valence-electron chi connectivity index (χ2n) is 7.80. The zero-order valence-electron chi connectivity index (χ0n) is 14.9. The molecule has 2 saturated heterocycles. The van der Waals surface area contributed by atoms with Gasteiger partial charge in [-0.1, -0.05) is 13.8 Å². The van der Waals surface area contributed by atoms with E-state index >= 15 is 0 Å². The Balaban J connectivity index is 1.71. The molecule has 1 aromatic heterocycles. The van der Waals surface area contributed by atoms with E-state index in [1.807, 2.05) is 6.07 Å². The van der Waals surface area contributed by atoms with Crippen molar-refractivity contribution in [1.82, 2.24) is 14.9 Å². The molecule has 2 aliphatic rings. The smallest absolute Gasteiger partial charge is 0.222 e. The first-order valence-corrected chi connectivity index (χ1v) is 9.09. The summed E-state index contributed by atoms with van der Waals surface area (Å²) < 4.78 is 0. The molecule has 0 bridgehead atoms. The van der Waals surface area contributed by atoms with Crippen molar-refractivity contribution in [3.8, 4) is 0 Å². The van der Waals surface area contributed by atoms with Crippen LogP contribution in [0.5, 0.6) is 0 Å². The molecule has 0 radical (unpaired) electrons. The van der Waals surface area contributed by atoms with Gasteiger partial charge in [-0.3, -0.25) is 4.79 Å². The monoisotopic (exact) mass is 331 g/mol. The summed E-state index contributed by atoms with van der Waals surface area (Å²) in [6, 6.07) is 1.93. The van der Waals surface area contributed by atoms with Crippen molar-refractivity contribution in [2.75, 3.05) is 36.8 Å². The molecule has 2 fully saturated rings. The molecule has 132 valence electrons. The maximum Gasteiger partial charge on any atom is 0.222 e. The first-order chi connectivity index (χ1) is 11.5. The van der Waals surface area contributed by atoms with Gasteiger partial charge in [0.15, 0.2) is 0 Å². The Kier molecular flexibility index (Phi) is 4.92. The van der Waals surface area contributed by atoms with Crippen LogP contribution in [0.4, 0.5) is 11.8 Å². The van der Waals surface area contributed by atoms with Gasteiger partial charge in [0.2, 0.25) is 11.9 Å². The number of rotatable bonds is 4. The van der Waals surface area contributed by atoms with Gasteiger partial charge in [0.05, 0.1) is 0 Å². The predicted octanol–water partition coefficient (Wildman–Crippen LogP) is 2.31. The summed E-state index contributed by atoms with van der Waals surface area (Å²) >= 11 is 0. The number of nitrogen functional groups attached to an aromatic ring is 1. The molecule has 1 spiro atoms. The third-order valence-corrected chi connectivity index (χ3v) is 5.37. The molecule has 1 atom stereocenters. The second-order valence-corrected chi connectivity index (χ2v) is 7.80. The number of nitrogens with zero attached hydrogens (tertiary/aromatic N) is 4. The third-order valence-electron chi connectivity index (χ3n) is 5.37. The fourth-order valence-corrected chi connectivity index (χ4v) is 4.00. The lowest BCUT2D eigenvalue weighted by atomic mass is 9.73. The minimum atomic E-state index is 0.197. The van der Waals surface area contributed by atoms with Gasteiger partial charge in [0, 0.05) is 44.2 Å². The van der Waals surface area contributed by atoms with E-state index in [1.54, 1.807) is 6.20 Å². The van der Waals surface area contributed by atoms with E-state index in [9.17, 15) is 4.79 Å². The molecule has 2 N–H and O–H groups in total. The number of likely N-dealkylation sites (tertiary alicyclic amines) is 1. The van der Waals surface area contributed by atoms with Crippen molar-refractivity contribution in [2.24, 2.45) is 11.3 Å². The number of amides is 1. The quantitative estimate of drug-likeness (QED) is 0.916. The Morgan fingerprint density at radius 2 is 2.17 bits per heavy atom. The van der Waals surface area contributed by atoms with Crippen LogP contribution in [0.25, 0.3) is 0 Å². The van der Waals surface area contributed by atoms with Gasteiger partial charge >= 0.3 is 0 Å². The first-order valence-electron chi connectivity index (χ1n) is 9.09. The highest BCUT2D eigenvalue weighted by atomic mass is 16.2. The molecule has 6 heteroatoms. The van der Waals surface area contributed by atoms with Crippen molar-refractivity contribution in [3.05, 3.63) is 12.3 Å². The van der Waals surface area contributed by atoms with Crippen molar-refractivity contribution in [2.45, 2.75) is 46.0 Å². The summed E-state index contributed by atoms with van der Waals surface area (Å²) in [6.45, 7) is 8.15. The largest absolute Gasteiger partial charge is 0.368 e. The first kappa shape index (κ1) is 17.0. The van der Waals surface area contributed by atoms with E-state index in [-0.39, 0.29) is 5.41 Å². The Labute approximate surface area is 144 Å². The molecule has 2 aliphatic heterocycles. The molecule has 3 heterocycles. The van der Waals surface area contributed by atoms with Crippen LogP contribution in [0.1, 0.15) is 46.0 Å². The van der Waals surface area contributed by atoms with E-state index in [4.69, 9.17) is 5.73 Å². The second kappa shape index (κ2) is 6.95. The van der Waals surface area contributed by atoms with Crippen molar-refractivity contribution < 1.29 is 4.79 Å². The number of nitrogens with two attached hydrogens (primary N) is 1. The average molecular weight is 331 g/mol. The van der Waals surface area contributed by atoms with E-state index in [0.717, 1.165) is 51.3 Å². The van der Waals surface area contributed by atoms with Crippen LogP contribution in [0, 0.1) is 11.3 Å². The fraction of sp³-hybridized carbons (Fsp3) is 0.722. The molecule has 0 saturated carbocycles. The third kappa shape index (κ3) is 3.79. The molecule has 3 rings (SSSR count). The molecule has 0 aromatic carbocycles. The molecule has 24 heavy (non-hydrogen) atoms. The minimum absolute atomic E-state index is 0.197. The summed E-state index contributed by atoms with van der Waals surface area (Å²) in [7, 11) is 0. The van der Waals surface area contributed by atoms with Crippen LogP contribution in [-0.2, 0) is 4.79 Å². The van der Waals surface area contributed by atoms with Gasteiger partial charge in [-0.05, 0) is 37.7 Å². The number of piperidine rings is 2. The molecular formula is C18H29N5O. The topological polar surface area (TPSA) is 75.3 Å². The van der Waals surface area contributed by atoms with Crippen molar-refractivity contribution in [3.63, 3.8) is 0 Å². The van der Waals surface area contributed by atoms with Gasteiger partial charge in [-0.15, -0.1) is 0 Å². The highest BCUT2D eigenvalue weighted by Crippen LogP contribution is 2.40. The average Bonchev–Trinajstić information content (AvgIpc) is 2.56. The Bertz CT molecular complexity index is 591. The molecule has 1 amide bonds. The van der Waals surface area contributed by atoms with E-state index in [0.29, 0.717) is 24.2 Å². The highest BCUT2D eigenvalue weighted by molar-refractivity contribution is 5.77. The van der Waals surface area contributed by atoms with Crippen LogP contribution in [-0.4, -0.2) is 47.0 Å². The van der Waals surface area contributed by atoms with Crippen LogP contribution in [0.3, 0.4) is 0 Å². The number of aromatic nitrogens is 2. The normalized spacial score (nSPS) is 24.9. The zero-order chi connectivity index (χ0) is 17.2. The molecule has 0 aliphatic carbocycles. The SMILES string of the molecule is CC(C)CCN1C[C@@]2(CCCN(c3ccnc(N)n3)C2)CCC1=O. The van der Waals surface area contributed by atoms with Gasteiger partial charge < -0.3 is 15.5 Å². The Morgan fingerprint density at radius 3 is 2.92 bits per heavy atom. The van der Waals surface area contributed by atoms with Gasteiger partial charge in [-0.25, -0.2) is 4.98 Å². The van der Waals surface area contributed by atoms with Crippen molar-refractivity contribution in [1.29, 1.82) is 0 Å². The summed E-state index contributed by atoms with van der Waals surface area (Å²) in [6.07, 6.45) is 6.79. The van der Waals surface area contributed by atoms with E-state index < -0.39 is 0 Å². The molecule has 6 nitrogen and oxygen atoms in total. The van der Waals surface area contributed by atoms with Crippen LogP contribution >= 0.6 is 0 Å². The maximum atomic E-state index is 12.3. The number of hydrogen-bond donors (Lipinski definition) is 1. The Hall–Kier alpha value is -1.85. The predicted molar refractivity (Wildman–Crippen MR) is 95.6 cm³/mol. The molecule has 0 unspecified atom stereocenters. The summed E-state index contributed by atoms with van der Waals surface area (Å²) in [5.41, 5.74) is 5.94. The number of anilines is 2. The summed E-state index contributed by atoms with van der Waals surface area (Å²) in [5, 5.41) is 0. The zero-order valence-corrected chi connectivity index (χ0v) is 14.9. The van der Waals surface area contributed by atoms with Crippen LogP contribution < -0.4 is 10.6 Å². The van der Waals surface area contributed by atoms with Crippen LogP contribution in [0.15, 0.2) is 12.3 Å². The Morgan fingerprint density at radius 1 is 1.33 bits per heavy atom. The minimum Gasteiger partial charge on any atom is -0.368 e. The lowest BCUT2D eigenvalue weighted by Gasteiger charge is -2.48. The highest BCUT2D eigenvalue weighted by Gasteiger charge is 2.41. The van der Waals surface area contributed by atoms with Gasteiger partial charge in [-0.2, -0.15) is 4.98 Å². The molecular weight excluding hydrogens is 302 g/mol. The van der Waals surface area contributed by atoms with E-state index in [1.165, 1.54) is 6.42 Å². The molecule has 1 aromatic rings. The lowest BCUT2D eigenvalue weighted by molar-refractivity contribution is -0.138. The summed E-state index contributed by atoms with van der Waals surface area (Å²) in [5.74, 6) is 2.18. The van der Waals surface area contributed by atoms with E-state index in [2.05, 4.69) is 33.6 Å². The lowest BCUT2D eigenvalue weighted by Crippen LogP contribution is -2.54. The number of carbonyl (C=O) groups excluding carboxylic acids is 1.